The van der Waals surface area contributed by atoms with E-state index in [0.717, 1.165) is 24.1 Å². The Morgan fingerprint density at radius 1 is 1.40 bits per heavy atom. The summed E-state index contributed by atoms with van der Waals surface area (Å²) in [5.74, 6) is -0.340. The van der Waals surface area contributed by atoms with Gasteiger partial charge in [-0.1, -0.05) is 12.1 Å². The number of likely N-dealkylation sites (N-methyl/N-ethyl adjacent to an activating group) is 1. The van der Waals surface area contributed by atoms with Gasteiger partial charge in [-0.2, -0.15) is 0 Å². The molecule has 0 aliphatic heterocycles. The van der Waals surface area contributed by atoms with E-state index in [1.54, 1.807) is 6.07 Å². The predicted octanol–water partition coefficient (Wildman–Crippen LogP) is 1.20. The summed E-state index contributed by atoms with van der Waals surface area (Å²) >= 11 is 0. The lowest BCUT2D eigenvalue weighted by atomic mass is 9.98. The van der Waals surface area contributed by atoms with Crippen LogP contribution in [-0.2, 0) is 6.42 Å². The Labute approximate surface area is 90.9 Å². The molecule has 0 aromatic heterocycles. The molecule has 0 fully saturated rings. The van der Waals surface area contributed by atoms with Crippen molar-refractivity contribution in [3.63, 3.8) is 0 Å². The standard InChI is InChI=1S/C12H18N2O/c1-9-5-4-6-11(12(13)15)10(9)7-8-14(2)3/h4-6H,7-8H2,1-3H3,(H2,13,15). The molecule has 1 amide bonds. The molecule has 1 aromatic rings. The topological polar surface area (TPSA) is 46.3 Å². The lowest BCUT2D eigenvalue weighted by Gasteiger charge is -2.13. The van der Waals surface area contributed by atoms with Crippen LogP contribution in [-0.4, -0.2) is 31.4 Å². The van der Waals surface area contributed by atoms with Gasteiger partial charge in [0, 0.05) is 12.1 Å². The van der Waals surface area contributed by atoms with Crippen molar-refractivity contribution in [1.82, 2.24) is 4.90 Å². The first-order chi connectivity index (χ1) is 7.02. The Kier molecular flexibility index (Phi) is 3.86. The fourth-order valence-corrected chi connectivity index (χ4v) is 1.60. The molecule has 15 heavy (non-hydrogen) atoms. The molecule has 0 saturated carbocycles. The van der Waals surface area contributed by atoms with Gasteiger partial charge in [-0.25, -0.2) is 0 Å². The van der Waals surface area contributed by atoms with Crippen LogP contribution in [0, 0.1) is 6.92 Å². The molecular weight excluding hydrogens is 188 g/mol. The number of hydrogen-bond acceptors (Lipinski definition) is 2. The third-order valence-corrected chi connectivity index (χ3v) is 2.48. The first-order valence-corrected chi connectivity index (χ1v) is 5.05. The van der Waals surface area contributed by atoms with Crippen molar-refractivity contribution >= 4 is 5.91 Å². The van der Waals surface area contributed by atoms with Crippen molar-refractivity contribution in [2.75, 3.05) is 20.6 Å². The molecule has 3 heteroatoms. The van der Waals surface area contributed by atoms with E-state index in [-0.39, 0.29) is 5.91 Å². The van der Waals surface area contributed by atoms with Crippen LogP contribution in [0.3, 0.4) is 0 Å². The van der Waals surface area contributed by atoms with Crippen molar-refractivity contribution in [2.24, 2.45) is 5.73 Å². The number of nitrogens with two attached hydrogens (primary N) is 1. The number of nitrogens with zero attached hydrogens (tertiary/aromatic N) is 1. The Morgan fingerprint density at radius 2 is 2.07 bits per heavy atom. The van der Waals surface area contributed by atoms with E-state index >= 15 is 0 Å². The highest BCUT2D eigenvalue weighted by molar-refractivity contribution is 5.94. The van der Waals surface area contributed by atoms with E-state index in [4.69, 9.17) is 5.73 Å². The number of amides is 1. The summed E-state index contributed by atoms with van der Waals surface area (Å²) < 4.78 is 0. The first-order valence-electron chi connectivity index (χ1n) is 5.05. The molecule has 1 rings (SSSR count). The van der Waals surface area contributed by atoms with Crippen LogP contribution >= 0.6 is 0 Å². The molecular formula is C12H18N2O. The molecule has 2 N–H and O–H groups in total. The normalized spacial score (nSPS) is 10.7. The Bertz CT molecular complexity index is 359. The van der Waals surface area contributed by atoms with Gasteiger partial charge >= 0.3 is 0 Å². The molecule has 0 unspecified atom stereocenters. The van der Waals surface area contributed by atoms with Crippen LogP contribution < -0.4 is 5.73 Å². The summed E-state index contributed by atoms with van der Waals surface area (Å²) in [7, 11) is 4.03. The summed E-state index contributed by atoms with van der Waals surface area (Å²) in [4.78, 5) is 13.3. The Morgan fingerprint density at radius 3 is 2.60 bits per heavy atom. The van der Waals surface area contributed by atoms with Gasteiger partial charge in [0.05, 0.1) is 0 Å². The molecule has 0 aliphatic rings. The fraction of sp³-hybridized carbons (Fsp3) is 0.417. The van der Waals surface area contributed by atoms with E-state index in [1.165, 1.54) is 0 Å². The minimum atomic E-state index is -0.340. The molecule has 0 aliphatic carbocycles. The molecule has 0 atom stereocenters. The number of primary amides is 1. The average molecular weight is 206 g/mol. The zero-order valence-corrected chi connectivity index (χ0v) is 9.58. The van der Waals surface area contributed by atoms with Gasteiger partial charge in [0.15, 0.2) is 0 Å². The number of hydrogen-bond donors (Lipinski definition) is 1. The molecule has 0 radical (unpaired) electrons. The van der Waals surface area contributed by atoms with Gasteiger partial charge in [-0.3, -0.25) is 4.79 Å². The zero-order valence-electron chi connectivity index (χ0n) is 9.58. The zero-order chi connectivity index (χ0) is 11.4. The van der Waals surface area contributed by atoms with E-state index in [1.807, 2.05) is 33.2 Å². The van der Waals surface area contributed by atoms with Crippen molar-refractivity contribution < 1.29 is 4.79 Å². The molecule has 1 aromatic carbocycles. The first kappa shape index (κ1) is 11.7. The molecule has 0 heterocycles. The van der Waals surface area contributed by atoms with Gasteiger partial charge in [0.2, 0.25) is 5.91 Å². The van der Waals surface area contributed by atoms with Crippen molar-refractivity contribution in [1.29, 1.82) is 0 Å². The van der Waals surface area contributed by atoms with Crippen LogP contribution in [0.25, 0.3) is 0 Å². The van der Waals surface area contributed by atoms with E-state index in [9.17, 15) is 4.79 Å². The van der Waals surface area contributed by atoms with Crippen LogP contribution in [0.15, 0.2) is 18.2 Å². The number of aryl methyl sites for hydroxylation is 1. The van der Waals surface area contributed by atoms with Gasteiger partial charge in [-0.15, -0.1) is 0 Å². The third kappa shape index (κ3) is 3.06. The summed E-state index contributed by atoms with van der Waals surface area (Å²) in [6, 6.07) is 5.67. The number of carbonyl (C=O) groups is 1. The lowest BCUT2D eigenvalue weighted by molar-refractivity contribution is 0.0999. The van der Waals surface area contributed by atoms with Gasteiger partial charge < -0.3 is 10.6 Å². The van der Waals surface area contributed by atoms with Crippen molar-refractivity contribution in [3.8, 4) is 0 Å². The Balaban J connectivity index is 2.97. The number of carbonyl (C=O) groups excluding carboxylic acids is 1. The van der Waals surface area contributed by atoms with Crippen LogP contribution in [0.1, 0.15) is 21.5 Å². The van der Waals surface area contributed by atoms with E-state index < -0.39 is 0 Å². The van der Waals surface area contributed by atoms with Crippen LogP contribution in [0.4, 0.5) is 0 Å². The SMILES string of the molecule is Cc1cccc(C(N)=O)c1CCN(C)C. The minimum absolute atomic E-state index is 0.340. The molecule has 0 bridgehead atoms. The highest BCUT2D eigenvalue weighted by atomic mass is 16.1. The molecule has 3 nitrogen and oxygen atoms in total. The summed E-state index contributed by atoms with van der Waals surface area (Å²) in [6.45, 7) is 2.93. The maximum atomic E-state index is 11.2. The predicted molar refractivity (Wildman–Crippen MR) is 62.0 cm³/mol. The maximum Gasteiger partial charge on any atom is 0.248 e. The minimum Gasteiger partial charge on any atom is -0.366 e. The highest BCUT2D eigenvalue weighted by Gasteiger charge is 2.09. The summed E-state index contributed by atoms with van der Waals surface area (Å²) in [5, 5.41) is 0. The van der Waals surface area contributed by atoms with Gasteiger partial charge in [0.25, 0.3) is 0 Å². The highest BCUT2D eigenvalue weighted by Crippen LogP contribution is 2.14. The number of rotatable bonds is 4. The smallest absolute Gasteiger partial charge is 0.248 e. The third-order valence-electron chi connectivity index (χ3n) is 2.48. The summed E-state index contributed by atoms with van der Waals surface area (Å²) in [6.07, 6.45) is 0.859. The van der Waals surface area contributed by atoms with Crippen LogP contribution in [0.5, 0.6) is 0 Å². The van der Waals surface area contributed by atoms with Crippen molar-refractivity contribution in [3.05, 3.63) is 34.9 Å². The van der Waals surface area contributed by atoms with Gasteiger partial charge in [-0.05, 0) is 44.6 Å². The molecule has 82 valence electrons. The van der Waals surface area contributed by atoms with Crippen molar-refractivity contribution in [2.45, 2.75) is 13.3 Å². The fourth-order valence-electron chi connectivity index (χ4n) is 1.60. The molecule has 0 spiro atoms. The monoisotopic (exact) mass is 206 g/mol. The second-order valence-electron chi connectivity index (χ2n) is 4.02. The second-order valence-corrected chi connectivity index (χ2v) is 4.02. The average Bonchev–Trinajstić information content (AvgIpc) is 2.15. The second kappa shape index (κ2) is 4.94. The van der Waals surface area contributed by atoms with Crippen LogP contribution in [0.2, 0.25) is 0 Å². The number of benzene rings is 1. The van der Waals surface area contributed by atoms with Gasteiger partial charge in [0.1, 0.15) is 0 Å². The maximum absolute atomic E-state index is 11.2. The Hall–Kier alpha value is -1.35. The molecule has 0 saturated heterocycles. The largest absolute Gasteiger partial charge is 0.366 e. The van der Waals surface area contributed by atoms with E-state index in [0.29, 0.717) is 5.56 Å². The summed E-state index contributed by atoms with van der Waals surface area (Å²) in [5.41, 5.74) is 8.19. The lowest BCUT2D eigenvalue weighted by Crippen LogP contribution is -2.19. The van der Waals surface area contributed by atoms with E-state index in [2.05, 4.69) is 4.90 Å². The quantitative estimate of drug-likeness (QED) is 0.804.